The summed E-state index contributed by atoms with van der Waals surface area (Å²) >= 11 is 0. The quantitative estimate of drug-likeness (QED) is 0.534. The van der Waals surface area contributed by atoms with Crippen molar-refractivity contribution in [3.63, 3.8) is 0 Å². The van der Waals surface area contributed by atoms with E-state index in [1.807, 2.05) is 30.3 Å². The molecule has 1 aromatic carbocycles. The van der Waals surface area contributed by atoms with Crippen molar-refractivity contribution in [1.29, 1.82) is 0 Å². The second-order valence-corrected chi connectivity index (χ2v) is 5.07. The van der Waals surface area contributed by atoms with Crippen LogP contribution in [0.4, 0.5) is 0 Å². The highest BCUT2D eigenvalue weighted by Crippen LogP contribution is 2.11. The first-order valence-electron chi connectivity index (χ1n) is 6.94. The number of nitrogens with zero attached hydrogens (tertiary/aromatic N) is 8. The number of para-hydroxylation sites is 1. The molecular formula is C14H12N8O. The molecule has 9 heteroatoms. The summed E-state index contributed by atoms with van der Waals surface area (Å²) in [6, 6.07) is 9.43. The number of benzene rings is 1. The van der Waals surface area contributed by atoms with Crippen LogP contribution in [-0.4, -0.2) is 39.5 Å². The molecule has 0 aliphatic heterocycles. The molecule has 0 bridgehead atoms. The lowest BCUT2D eigenvalue weighted by molar-refractivity contribution is 0.702. The molecule has 3 heterocycles. The van der Waals surface area contributed by atoms with Crippen LogP contribution in [0.2, 0.25) is 0 Å². The zero-order valence-electron chi connectivity index (χ0n) is 12.2. The van der Waals surface area contributed by atoms with Crippen molar-refractivity contribution < 1.29 is 0 Å². The largest absolute Gasteiger partial charge is 0.291 e. The van der Waals surface area contributed by atoms with Gasteiger partial charge in [0.25, 0.3) is 5.56 Å². The lowest BCUT2D eigenvalue weighted by atomic mass is 10.3. The van der Waals surface area contributed by atoms with Gasteiger partial charge in [0.1, 0.15) is 12.0 Å². The van der Waals surface area contributed by atoms with E-state index in [-0.39, 0.29) is 17.6 Å². The number of rotatable bonds is 3. The van der Waals surface area contributed by atoms with Gasteiger partial charge in [-0.3, -0.25) is 14.0 Å². The summed E-state index contributed by atoms with van der Waals surface area (Å²) in [6.07, 6.45) is 3.22. The molecule has 0 N–H and O–H groups in total. The molecule has 4 aromatic rings. The monoisotopic (exact) mass is 308 g/mol. The molecule has 0 aliphatic carbocycles. The Labute approximate surface area is 129 Å². The minimum atomic E-state index is -0.261. The van der Waals surface area contributed by atoms with Gasteiger partial charge in [0, 0.05) is 13.2 Å². The van der Waals surface area contributed by atoms with Crippen molar-refractivity contribution >= 4 is 11.2 Å². The summed E-state index contributed by atoms with van der Waals surface area (Å²) < 4.78 is 4.57. The molecule has 0 unspecified atom stereocenters. The van der Waals surface area contributed by atoms with E-state index >= 15 is 0 Å². The van der Waals surface area contributed by atoms with Crippen molar-refractivity contribution in [3.8, 4) is 5.69 Å². The van der Waals surface area contributed by atoms with Gasteiger partial charge >= 0.3 is 0 Å². The average Bonchev–Trinajstić information content (AvgIpc) is 3.17. The van der Waals surface area contributed by atoms with Gasteiger partial charge in [0.05, 0.1) is 12.2 Å². The normalized spacial score (nSPS) is 11.2. The van der Waals surface area contributed by atoms with Crippen LogP contribution < -0.4 is 5.56 Å². The molecule has 9 nitrogen and oxygen atoms in total. The first-order valence-corrected chi connectivity index (χ1v) is 6.94. The van der Waals surface area contributed by atoms with Gasteiger partial charge in [-0.05, 0) is 12.1 Å². The van der Waals surface area contributed by atoms with Crippen LogP contribution in [0.1, 0.15) is 5.69 Å². The maximum atomic E-state index is 12.5. The van der Waals surface area contributed by atoms with Crippen molar-refractivity contribution in [2.45, 2.75) is 6.54 Å². The van der Waals surface area contributed by atoms with E-state index in [9.17, 15) is 4.79 Å². The fourth-order valence-electron chi connectivity index (χ4n) is 2.34. The highest BCUT2D eigenvalue weighted by atomic mass is 16.1. The zero-order chi connectivity index (χ0) is 15.8. The van der Waals surface area contributed by atoms with Gasteiger partial charge in [-0.1, -0.05) is 28.6 Å². The first-order chi connectivity index (χ1) is 11.2. The molecular weight excluding hydrogens is 296 g/mol. The molecule has 0 spiro atoms. The predicted molar refractivity (Wildman–Crippen MR) is 81.0 cm³/mol. The Morgan fingerprint density at radius 1 is 1.09 bits per heavy atom. The van der Waals surface area contributed by atoms with Crippen LogP contribution in [-0.2, 0) is 13.6 Å². The molecule has 4 rings (SSSR count). The van der Waals surface area contributed by atoms with Gasteiger partial charge < -0.3 is 0 Å². The van der Waals surface area contributed by atoms with Crippen molar-refractivity contribution in [3.05, 3.63) is 58.9 Å². The molecule has 114 valence electrons. The van der Waals surface area contributed by atoms with E-state index in [1.165, 1.54) is 10.9 Å². The zero-order valence-corrected chi connectivity index (χ0v) is 12.2. The van der Waals surface area contributed by atoms with E-state index in [1.54, 1.807) is 22.6 Å². The summed E-state index contributed by atoms with van der Waals surface area (Å²) in [4.78, 5) is 16.9. The SMILES string of the molecule is Cn1cc(Cn2cnc3c(nnn3-c3ccccc3)c2=O)nn1. The van der Waals surface area contributed by atoms with Crippen LogP contribution >= 0.6 is 0 Å². The Morgan fingerprint density at radius 3 is 2.65 bits per heavy atom. The standard InChI is InChI=1S/C14H12N8O/c1-20-7-10(16-18-20)8-21-9-15-13-12(14(21)23)17-19-22(13)11-5-3-2-4-6-11/h2-7,9H,8H2,1H3. The smallest absolute Gasteiger partial charge is 0.283 e. The maximum Gasteiger partial charge on any atom is 0.283 e. The second-order valence-electron chi connectivity index (χ2n) is 5.07. The van der Waals surface area contributed by atoms with Crippen LogP contribution in [0.25, 0.3) is 16.9 Å². The predicted octanol–water partition coefficient (Wildman–Crippen LogP) is 0.154. The molecule has 3 aromatic heterocycles. The molecule has 23 heavy (non-hydrogen) atoms. The van der Waals surface area contributed by atoms with Gasteiger partial charge in [-0.15, -0.1) is 10.2 Å². The Bertz CT molecular complexity index is 1030. The van der Waals surface area contributed by atoms with Gasteiger partial charge in [0.15, 0.2) is 11.2 Å². The number of aromatic nitrogens is 8. The average molecular weight is 308 g/mol. The van der Waals surface area contributed by atoms with Crippen molar-refractivity contribution in [2.24, 2.45) is 7.05 Å². The molecule has 0 amide bonds. The Kier molecular flexibility index (Phi) is 2.97. The Balaban J connectivity index is 1.79. The minimum Gasteiger partial charge on any atom is -0.291 e. The summed E-state index contributed by atoms with van der Waals surface area (Å²) in [5.74, 6) is 0. The number of hydrogen-bond donors (Lipinski definition) is 0. The number of hydrogen-bond acceptors (Lipinski definition) is 6. The second kappa shape index (κ2) is 5.13. The van der Waals surface area contributed by atoms with Gasteiger partial charge in [-0.25, -0.2) is 4.98 Å². The third kappa shape index (κ3) is 2.27. The summed E-state index contributed by atoms with van der Waals surface area (Å²) in [5.41, 5.74) is 1.86. The van der Waals surface area contributed by atoms with Crippen molar-refractivity contribution in [1.82, 2.24) is 39.5 Å². The van der Waals surface area contributed by atoms with Gasteiger partial charge in [-0.2, -0.15) is 4.68 Å². The molecule has 0 saturated heterocycles. The van der Waals surface area contributed by atoms with E-state index in [0.717, 1.165) is 5.69 Å². The van der Waals surface area contributed by atoms with E-state index < -0.39 is 0 Å². The topological polar surface area (TPSA) is 96.3 Å². The van der Waals surface area contributed by atoms with Crippen LogP contribution in [0, 0.1) is 0 Å². The van der Waals surface area contributed by atoms with E-state index in [0.29, 0.717) is 11.3 Å². The fraction of sp³-hybridized carbons (Fsp3) is 0.143. The number of fused-ring (bicyclic) bond motifs is 1. The third-order valence-corrected chi connectivity index (χ3v) is 3.41. The summed E-state index contributed by atoms with van der Waals surface area (Å²) in [7, 11) is 1.77. The molecule has 0 fully saturated rings. The number of aryl methyl sites for hydroxylation is 1. The summed E-state index contributed by atoms with van der Waals surface area (Å²) in [5, 5.41) is 15.8. The Morgan fingerprint density at radius 2 is 1.91 bits per heavy atom. The van der Waals surface area contributed by atoms with Crippen LogP contribution in [0.15, 0.2) is 47.7 Å². The van der Waals surface area contributed by atoms with Crippen LogP contribution in [0.3, 0.4) is 0 Å². The van der Waals surface area contributed by atoms with E-state index in [4.69, 9.17) is 0 Å². The van der Waals surface area contributed by atoms with Gasteiger partial charge in [0.2, 0.25) is 0 Å². The highest BCUT2D eigenvalue weighted by Gasteiger charge is 2.13. The minimum absolute atomic E-state index is 0.222. The maximum absolute atomic E-state index is 12.5. The molecule has 0 saturated carbocycles. The summed E-state index contributed by atoms with van der Waals surface area (Å²) in [6.45, 7) is 0.286. The highest BCUT2D eigenvalue weighted by molar-refractivity contribution is 5.70. The van der Waals surface area contributed by atoms with Crippen molar-refractivity contribution in [2.75, 3.05) is 0 Å². The van der Waals surface area contributed by atoms with Crippen LogP contribution in [0.5, 0.6) is 0 Å². The first kappa shape index (κ1) is 13.3. The third-order valence-electron chi connectivity index (χ3n) is 3.41. The molecule has 0 aliphatic rings. The molecule has 0 atom stereocenters. The molecule has 0 radical (unpaired) electrons. The van der Waals surface area contributed by atoms with E-state index in [2.05, 4.69) is 25.6 Å². The lowest BCUT2D eigenvalue weighted by Crippen LogP contribution is -2.21. The fourth-order valence-corrected chi connectivity index (χ4v) is 2.34. The Hall–Kier alpha value is -3.36. The lowest BCUT2D eigenvalue weighted by Gasteiger charge is -2.03.